The highest BCUT2D eigenvalue weighted by Gasteiger charge is 2.10. The Labute approximate surface area is 144 Å². The number of hydrogen-bond acceptors (Lipinski definition) is 3. The fourth-order valence-electron chi connectivity index (χ4n) is 2.40. The summed E-state index contributed by atoms with van der Waals surface area (Å²) >= 11 is 0. The van der Waals surface area contributed by atoms with Crippen LogP contribution in [0.15, 0.2) is 54.6 Å². The largest absolute Gasteiger partial charge is 0.492 e. The quantitative estimate of drug-likeness (QED) is 0.731. The first-order chi connectivity index (χ1) is 11.6. The molecule has 128 valence electrons. The highest BCUT2D eigenvalue weighted by atomic mass is 16.5. The van der Waals surface area contributed by atoms with Crippen LogP contribution in [0, 0.1) is 0 Å². The van der Waals surface area contributed by atoms with Crippen molar-refractivity contribution < 1.29 is 9.53 Å². The molecule has 2 aromatic rings. The molecule has 0 aromatic heterocycles. The molecule has 24 heavy (non-hydrogen) atoms. The van der Waals surface area contributed by atoms with E-state index in [0.29, 0.717) is 19.1 Å². The lowest BCUT2D eigenvalue weighted by Gasteiger charge is -2.13. The predicted octanol–water partition coefficient (Wildman–Crippen LogP) is 3.40. The molecule has 4 heteroatoms. The summed E-state index contributed by atoms with van der Waals surface area (Å²) in [5, 5.41) is 2.84. The zero-order valence-corrected chi connectivity index (χ0v) is 14.4. The number of ether oxygens (including phenoxy) is 1. The Morgan fingerprint density at radius 3 is 2.33 bits per heavy atom. The van der Waals surface area contributed by atoms with Gasteiger partial charge in [-0.05, 0) is 29.2 Å². The minimum absolute atomic E-state index is 0.0647. The number of carbonyl (C=O) groups excluding carboxylic acids is 1. The standard InChI is InChI=1S/C20H26N2O2/c1-15(2)16-8-10-18(11-9-16)24-13-12-22-20(23)14-19(21)17-6-4-3-5-7-17/h3-11,15,19H,12-14,21H2,1-2H3,(H,22,23). The lowest BCUT2D eigenvalue weighted by atomic mass is 10.0. The molecule has 0 heterocycles. The average Bonchev–Trinajstić information content (AvgIpc) is 2.60. The van der Waals surface area contributed by atoms with E-state index in [0.717, 1.165) is 11.3 Å². The van der Waals surface area contributed by atoms with E-state index in [1.165, 1.54) is 5.56 Å². The molecule has 1 unspecified atom stereocenters. The van der Waals surface area contributed by atoms with Crippen LogP contribution in [0.5, 0.6) is 5.75 Å². The van der Waals surface area contributed by atoms with E-state index < -0.39 is 0 Å². The van der Waals surface area contributed by atoms with Crippen molar-refractivity contribution in [2.45, 2.75) is 32.2 Å². The normalized spacial score (nSPS) is 12.0. The molecule has 1 amide bonds. The zero-order valence-electron chi connectivity index (χ0n) is 14.4. The molecule has 0 saturated carbocycles. The summed E-state index contributed by atoms with van der Waals surface area (Å²) in [6, 6.07) is 17.4. The maximum absolute atomic E-state index is 11.9. The second-order valence-electron chi connectivity index (χ2n) is 6.14. The van der Waals surface area contributed by atoms with E-state index in [1.54, 1.807) is 0 Å². The van der Waals surface area contributed by atoms with Crippen LogP contribution in [-0.2, 0) is 4.79 Å². The number of amides is 1. The lowest BCUT2D eigenvalue weighted by molar-refractivity contribution is -0.121. The summed E-state index contributed by atoms with van der Waals surface area (Å²) in [4.78, 5) is 11.9. The molecule has 0 spiro atoms. The van der Waals surface area contributed by atoms with Crippen LogP contribution < -0.4 is 15.8 Å². The van der Waals surface area contributed by atoms with Gasteiger partial charge in [0.15, 0.2) is 0 Å². The Bertz CT molecular complexity index is 624. The van der Waals surface area contributed by atoms with Gasteiger partial charge in [0.2, 0.25) is 5.91 Å². The Hall–Kier alpha value is -2.33. The number of carbonyl (C=O) groups is 1. The summed E-state index contributed by atoms with van der Waals surface area (Å²) in [7, 11) is 0. The first-order valence-corrected chi connectivity index (χ1v) is 8.36. The summed E-state index contributed by atoms with van der Waals surface area (Å²) < 4.78 is 5.63. The zero-order chi connectivity index (χ0) is 17.4. The van der Waals surface area contributed by atoms with Crippen molar-refractivity contribution in [3.8, 4) is 5.75 Å². The minimum atomic E-state index is -0.282. The van der Waals surface area contributed by atoms with Crippen molar-refractivity contribution in [2.24, 2.45) is 5.73 Å². The number of rotatable bonds is 8. The Balaban J connectivity index is 1.67. The molecule has 1 atom stereocenters. The third-order valence-electron chi connectivity index (χ3n) is 3.87. The van der Waals surface area contributed by atoms with Gasteiger partial charge in [0.1, 0.15) is 12.4 Å². The molecule has 3 N–H and O–H groups in total. The molecule has 0 aliphatic heterocycles. The fourth-order valence-corrected chi connectivity index (χ4v) is 2.40. The summed E-state index contributed by atoms with van der Waals surface area (Å²) in [5.41, 5.74) is 8.29. The molecule has 4 nitrogen and oxygen atoms in total. The van der Waals surface area contributed by atoms with Gasteiger partial charge in [-0.25, -0.2) is 0 Å². The third kappa shape index (κ3) is 5.70. The van der Waals surface area contributed by atoms with Crippen LogP contribution in [0.2, 0.25) is 0 Å². The Morgan fingerprint density at radius 1 is 1.04 bits per heavy atom. The van der Waals surface area contributed by atoms with Gasteiger partial charge < -0.3 is 15.8 Å². The second kappa shape index (κ2) is 9.08. The summed E-state index contributed by atoms with van der Waals surface area (Å²) in [6.07, 6.45) is 0.271. The van der Waals surface area contributed by atoms with Crippen molar-refractivity contribution in [1.82, 2.24) is 5.32 Å². The molecule has 0 aliphatic rings. The van der Waals surface area contributed by atoms with Crippen LogP contribution >= 0.6 is 0 Å². The van der Waals surface area contributed by atoms with Crippen LogP contribution in [0.3, 0.4) is 0 Å². The molecule has 2 rings (SSSR count). The van der Waals surface area contributed by atoms with Crippen molar-refractivity contribution in [2.75, 3.05) is 13.2 Å². The van der Waals surface area contributed by atoms with Crippen LogP contribution in [0.25, 0.3) is 0 Å². The molecule has 0 bridgehead atoms. The Kier molecular flexibility index (Phi) is 6.82. The number of benzene rings is 2. The van der Waals surface area contributed by atoms with E-state index in [2.05, 4.69) is 31.3 Å². The van der Waals surface area contributed by atoms with Crippen molar-refractivity contribution in [3.05, 3.63) is 65.7 Å². The molecule has 0 aliphatic carbocycles. The maximum Gasteiger partial charge on any atom is 0.222 e. The first kappa shape index (κ1) is 18.0. The van der Waals surface area contributed by atoms with E-state index in [-0.39, 0.29) is 18.4 Å². The highest BCUT2D eigenvalue weighted by Crippen LogP contribution is 2.18. The van der Waals surface area contributed by atoms with Gasteiger partial charge in [-0.15, -0.1) is 0 Å². The van der Waals surface area contributed by atoms with Crippen molar-refractivity contribution >= 4 is 5.91 Å². The molecular formula is C20H26N2O2. The van der Waals surface area contributed by atoms with Gasteiger partial charge >= 0.3 is 0 Å². The monoisotopic (exact) mass is 326 g/mol. The van der Waals surface area contributed by atoms with Gasteiger partial charge in [-0.2, -0.15) is 0 Å². The van der Waals surface area contributed by atoms with Gasteiger partial charge in [-0.1, -0.05) is 56.3 Å². The van der Waals surface area contributed by atoms with Gasteiger partial charge in [0.05, 0.1) is 6.54 Å². The van der Waals surface area contributed by atoms with Crippen molar-refractivity contribution in [1.29, 1.82) is 0 Å². The molecule has 2 aromatic carbocycles. The minimum Gasteiger partial charge on any atom is -0.492 e. The maximum atomic E-state index is 11.9. The van der Waals surface area contributed by atoms with E-state index in [4.69, 9.17) is 10.5 Å². The number of nitrogens with one attached hydrogen (secondary N) is 1. The van der Waals surface area contributed by atoms with Crippen molar-refractivity contribution in [3.63, 3.8) is 0 Å². The van der Waals surface area contributed by atoms with E-state index in [9.17, 15) is 4.79 Å². The molecule has 0 fully saturated rings. The number of nitrogens with two attached hydrogens (primary N) is 1. The average molecular weight is 326 g/mol. The molecule has 0 radical (unpaired) electrons. The summed E-state index contributed by atoms with van der Waals surface area (Å²) in [5.74, 6) is 1.26. The van der Waals surface area contributed by atoms with E-state index in [1.807, 2.05) is 42.5 Å². The van der Waals surface area contributed by atoms with Crippen LogP contribution in [-0.4, -0.2) is 19.1 Å². The van der Waals surface area contributed by atoms with E-state index >= 15 is 0 Å². The smallest absolute Gasteiger partial charge is 0.222 e. The molecular weight excluding hydrogens is 300 g/mol. The predicted molar refractivity (Wildman–Crippen MR) is 97.0 cm³/mol. The summed E-state index contributed by atoms with van der Waals surface area (Å²) in [6.45, 7) is 5.22. The lowest BCUT2D eigenvalue weighted by Crippen LogP contribution is -2.30. The first-order valence-electron chi connectivity index (χ1n) is 8.36. The third-order valence-corrected chi connectivity index (χ3v) is 3.87. The molecule has 0 saturated heterocycles. The Morgan fingerprint density at radius 2 is 1.71 bits per heavy atom. The van der Waals surface area contributed by atoms with Gasteiger partial charge in [-0.3, -0.25) is 4.79 Å². The SMILES string of the molecule is CC(C)c1ccc(OCCNC(=O)CC(N)c2ccccc2)cc1. The number of hydrogen-bond donors (Lipinski definition) is 2. The fraction of sp³-hybridized carbons (Fsp3) is 0.350. The highest BCUT2D eigenvalue weighted by molar-refractivity contribution is 5.76. The van der Waals surface area contributed by atoms with Crippen LogP contribution in [0.1, 0.15) is 43.4 Å². The second-order valence-corrected chi connectivity index (χ2v) is 6.14. The van der Waals surface area contributed by atoms with Gasteiger partial charge in [0.25, 0.3) is 0 Å². The topological polar surface area (TPSA) is 64.3 Å². The van der Waals surface area contributed by atoms with Gasteiger partial charge in [0, 0.05) is 12.5 Å². The van der Waals surface area contributed by atoms with Crippen LogP contribution in [0.4, 0.5) is 0 Å².